The van der Waals surface area contributed by atoms with Gasteiger partial charge in [-0.25, -0.2) is 4.39 Å². The molecule has 2 rings (SSSR count). The highest BCUT2D eigenvalue weighted by molar-refractivity contribution is 5.93. The molecule has 0 radical (unpaired) electrons. The van der Waals surface area contributed by atoms with E-state index >= 15 is 0 Å². The van der Waals surface area contributed by atoms with Crippen LogP contribution < -0.4 is 10.6 Å². The summed E-state index contributed by atoms with van der Waals surface area (Å²) >= 11 is 0. The molecule has 0 heterocycles. The number of nitriles is 1. The van der Waals surface area contributed by atoms with E-state index < -0.39 is 0 Å². The van der Waals surface area contributed by atoms with Crippen LogP contribution in [0.15, 0.2) is 42.5 Å². The Hall–Kier alpha value is -2.87. The van der Waals surface area contributed by atoms with Crippen LogP contribution >= 0.6 is 0 Å². The fraction of sp³-hybridized carbons (Fsp3) is 0.125. The number of hydrogen-bond donors (Lipinski definition) is 2. The average Bonchev–Trinajstić information content (AvgIpc) is 2.49. The standard InChI is InChI=1S/C16H14FN3O/c1-11-5-6-14(8-15(11)17)20-16(21)10-19-13-4-2-3-12(7-13)9-18/h2-8,19H,10H2,1H3,(H,20,21). The average molecular weight is 283 g/mol. The Morgan fingerprint density at radius 2 is 2.05 bits per heavy atom. The van der Waals surface area contributed by atoms with Crippen LogP contribution in [0.5, 0.6) is 0 Å². The van der Waals surface area contributed by atoms with Crippen molar-refractivity contribution in [3.05, 3.63) is 59.4 Å². The molecule has 0 atom stereocenters. The Morgan fingerprint density at radius 1 is 1.24 bits per heavy atom. The minimum absolute atomic E-state index is 0.0321. The topological polar surface area (TPSA) is 64.9 Å². The molecule has 0 saturated carbocycles. The normalized spacial score (nSPS) is 9.76. The van der Waals surface area contributed by atoms with Crippen LogP contribution in [-0.4, -0.2) is 12.5 Å². The quantitative estimate of drug-likeness (QED) is 0.906. The van der Waals surface area contributed by atoms with E-state index in [-0.39, 0.29) is 18.3 Å². The minimum Gasteiger partial charge on any atom is -0.376 e. The van der Waals surface area contributed by atoms with Crippen molar-refractivity contribution in [1.82, 2.24) is 0 Å². The summed E-state index contributed by atoms with van der Waals surface area (Å²) in [7, 11) is 0. The zero-order valence-corrected chi connectivity index (χ0v) is 11.5. The van der Waals surface area contributed by atoms with Gasteiger partial charge in [0.15, 0.2) is 0 Å². The highest BCUT2D eigenvalue weighted by atomic mass is 19.1. The van der Waals surface area contributed by atoms with Gasteiger partial charge < -0.3 is 10.6 Å². The Balaban J connectivity index is 1.92. The Labute approximate surface area is 122 Å². The fourth-order valence-electron chi connectivity index (χ4n) is 1.76. The van der Waals surface area contributed by atoms with Crippen LogP contribution in [0.2, 0.25) is 0 Å². The third kappa shape index (κ3) is 4.05. The number of benzene rings is 2. The number of amides is 1. The van der Waals surface area contributed by atoms with Crippen LogP contribution in [0.4, 0.5) is 15.8 Å². The summed E-state index contributed by atoms with van der Waals surface area (Å²) in [5.41, 5.74) is 2.13. The van der Waals surface area contributed by atoms with E-state index in [1.807, 2.05) is 6.07 Å². The molecule has 5 heteroatoms. The van der Waals surface area contributed by atoms with Crippen molar-refractivity contribution >= 4 is 17.3 Å². The molecule has 2 aromatic rings. The first kappa shape index (κ1) is 14.5. The van der Waals surface area contributed by atoms with Gasteiger partial charge in [-0.3, -0.25) is 4.79 Å². The zero-order chi connectivity index (χ0) is 15.2. The predicted octanol–water partition coefficient (Wildman–Crippen LogP) is 3.06. The van der Waals surface area contributed by atoms with E-state index in [0.717, 1.165) is 0 Å². The SMILES string of the molecule is Cc1ccc(NC(=O)CNc2cccc(C#N)c2)cc1F. The van der Waals surface area contributed by atoms with Gasteiger partial charge in [0, 0.05) is 11.4 Å². The summed E-state index contributed by atoms with van der Waals surface area (Å²) in [6.45, 7) is 1.69. The first-order valence-electron chi connectivity index (χ1n) is 6.38. The number of anilines is 2. The van der Waals surface area contributed by atoms with Crippen molar-refractivity contribution in [3.63, 3.8) is 0 Å². The number of hydrogen-bond acceptors (Lipinski definition) is 3. The molecule has 0 aliphatic rings. The van der Waals surface area contributed by atoms with Gasteiger partial charge in [0.25, 0.3) is 0 Å². The molecule has 0 bridgehead atoms. The Morgan fingerprint density at radius 3 is 2.76 bits per heavy atom. The molecule has 0 saturated heterocycles. The molecule has 0 aliphatic heterocycles. The molecule has 0 unspecified atom stereocenters. The maximum atomic E-state index is 13.4. The molecule has 2 aromatic carbocycles. The monoisotopic (exact) mass is 283 g/mol. The van der Waals surface area contributed by atoms with Crippen molar-refractivity contribution in [2.45, 2.75) is 6.92 Å². The lowest BCUT2D eigenvalue weighted by Crippen LogP contribution is -2.21. The summed E-state index contributed by atoms with van der Waals surface area (Å²) in [5, 5.41) is 14.3. The minimum atomic E-state index is -0.359. The molecular formula is C16H14FN3O. The summed E-state index contributed by atoms with van der Waals surface area (Å²) in [4.78, 5) is 11.8. The third-order valence-electron chi connectivity index (χ3n) is 2.90. The number of carbonyl (C=O) groups is 1. The van der Waals surface area contributed by atoms with Crippen LogP contribution in [0.1, 0.15) is 11.1 Å². The summed E-state index contributed by atoms with van der Waals surface area (Å²) in [6, 6.07) is 13.4. The Bertz CT molecular complexity index is 707. The van der Waals surface area contributed by atoms with Crippen LogP contribution in [0, 0.1) is 24.1 Å². The summed E-state index contributed by atoms with van der Waals surface area (Å²) < 4.78 is 13.4. The van der Waals surface area contributed by atoms with Crippen molar-refractivity contribution in [2.24, 2.45) is 0 Å². The second-order valence-corrected chi connectivity index (χ2v) is 4.56. The fourth-order valence-corrected chi connectivity index (χ4v) is 1.76. The summed E-state index contributed by atoms with van der Waals surface area (Å²) in [6.07, 6.45) is 0. The van der Waals surface area contributed by atoms with E-state index in [4.69, 9.17) is 5.26 Å². The van der Waals surface area contributed by atoms with E-state index in [2.05, 4.69) is 10.6 Å². The van der Waals surface area contributed by atoms with Crippen molar-refractivity contribution in [1.29, 1.82) is 5.26 Å². The third-order valence-corrected chi connectivity index (χ3v) is 2.90. The van der Waals surface area contributed by atoms with E-state index in [0.29, 0.717) is 22.5 Å². The van der Waals surface area contributed by atoms with Crippen LogP contribution in [0.3, 0.4) is 0 Å². The van der Waals surface area contributed by atoms with Gasteiger partial charge in [0.05, 0.1) is 18.2 Å². The zero-order valence-electron chi connectivity index (χ0n) is 11.5. The maximum Gasteiger partial charge on any atom is 0.243 e. The van der Waals surface area contributed by atoms with Gasteiger partial charge >= 0.3 is 0 Å². The van der Waals surface area contributed by atoms with Crippen LogP contribution in [0.25, 0.3) is 0 Å². The predicted molar refractivity (Wildman–Crippen MR) is 79.4 cm³/mol. The molecule has 0 aromatic heterocycles. The molecule has 2 N–H and O–H groups in total. The Kier molecular flexibility index (Phi) is 4.52. The lowest BCUT2D eigenvalue weighted by molar-refractivity contribution is -0.114. The number of carbonyl (C=O) groups excluding carboxylic acids is 1. The number of nitrogens with zero attached hydrogens (tertiary/aromatic N) is 1. The van der Waals surface area contributed by atoms with Gasteiger partial charge in [-0.15, -0.1) is 0 Å². The molecular weight excluding hydrogens is 269 g/mol. The first-order valence-corrected chi connectivity index (χ1v) is 6.38. The second kappa shape index (κ2) is 6.53. The molecule has 0 fully saturated rings. The molecule has 1 amide bonds. The largest absolute Gasteiger partial charge is 0.376 e. The molecule has 106 valence electrons. The van der Waals surface area contributed by atoms with E-state index in [1.54, 1.807) is 43.3 Å². The van der Waals surface area contributed by atoms with E-state index in [1.165, 1.54) is 6.07 Å². The van der Waals surface area contributed by atoms with Gasteiger partial charge in [-0.05, 0) is 42.8 Å². The van der Waals surface area contributed by atoms with Gasteiger partial charge in [-0.2, -0.15) is 5.26 Å². The van der Waals surface area contributed by atoms with Crippen molar-refractivity contribution in [2.75, 3.05) is 17.2 Å². The van der Waals surface area contributed by atoms with Gasteiger partial charge in [-0.1, -0.05) is 12.1 Å². The number of rotatable bonds is 4. The maximum absolute atomic E-state index is 13.4. The molecule has 0 spiro atoms. The van der Waals surface area contributed by atoms with Gasteiger partial charge in [0.2, 0.25) is 5.91 Å². The molecule has 4 nitrogen and oxygen atoms in total. The van der Waals surface area contributed by atoms with Crippen molar-refractivity contribution < 1.29 is 9.18 Å². The molecule has 21 heavy (non-hydrogen) atoms. The summed E-state index contributed by atoms with van der Waals surface area (Å²) in [5.74, 6) is -0.650. The first-order chi connectivity index (χ1) is 10.1. The molecule has 0 aliphatic carbocycles. The van der Waals surface area contributed by atoms with E-state index in [9.17, 15) is 9.18 Å². The smallest absolute Gasteiger partial charge is 0.243 e. The van der Waals surface area contributed by atoms with Gasteiger partial charge in [0.1, 0.15) is 5.82 Å². The van der Waals surface area contributed by atoms with Crippen molar-refractivity contribution in [3.8, 4) is 6.07 Å². The highest BCUT2D eigenvalue weighted by Gasteiger charge is 2.05. The van der Waals surface area contributed by atoms with Crippen LogP contribution in [-0.2, 0) is 4.79 Å². The lowest BCUT2D eigenvalue weighted by Gasteiger charge is -2.08. The number of nitrogens with one attached hydrogen (secondary N) is 2. The lowest BCUT2D eigenvalue weighted by atomic mass is 10.2. The number of halogens is 1. The highest BCUT2D eigenvalue weighted by Crippen LogP contribution is 2.14. The second-order valence-electron chi connectivity index (χ2n) is 4.56. The number of aryl methyl sites for hydroxylation is 1.